The van der Waals surface area contributed by atoms with Gasteiger partial charge in [-0.25, -0.2) is 23.1 Å². The van der Waals surface area contributed by atoms with Crippen molar-refractivity contribution in [1.29, 1.82) is 0 Å². The van der Waals surface area contributed by atoms with Gasteiger partial charge in [0.05, 0.1) is 14.2 Å². The fraction of sp³-hybridized carbons (Fsp3) is 0.286. The third-order valence-electron chi connectivity index (χ3n) is 2.87. The minimum absolute atomic E-state index is 0.0152. The third kappa shape index (κ3) is 3.45. The maximum absolute atomic E-state index is 12.5. The van der Waals surface area contributed by atoms with Crippen LogP contribution in [0.5, 0.6) is 11.5 Å². The predicted octanol–water partition coefficient (Wildman–Crippen LogP) is 1.91. The van der Waals surface area contributed by atoms with E-state index in [9.17, 15) is 8.42 Å². The molecule has 22 heavy (non-hydrogen) atoms. The largest absolute Gasteiger partial charge is 0.497 e. The molecule has 0 aliphatic carbocycles. The quantitative estimate of drug-likeness (QED) is 0.904. The number of benzene rings is 1. The topological polar surface area (TPSA) is 90.4 Å². The van der Waals surface area contributed by atoms with Gasteiger partial charge in [0.1, 0.15) is 16.4 Å². The van der Waals surface area contributed by atoms with Gasteiger partial charge >= 0.3 is 0 Å². The zero-order chi connectivity index (χ0) is 16.3. The normalized spacial score (nSPS) is 11.1. The van der Waals surface area contributed by atoms with Gasteiger partial charge in [0.25, 0.3) is 10.0 Å². The van der Waals surface area contributed by atoms with Crippen LogP contribution in [0.25, 0.3) is 0 Å². The lowest BCUT2D eigenvalue weighted by Gasteiger charge is -2.12. The highest BCUT2D eigenvalue weighted by Gasteiger charge is 2.21. The van der Waals surface area contributed by atoms with E-state index < -0.39 is 10.0 Å². The van der Waals surface area contributed by atoms with E-state index in [0.29, 0.717) is 17.1 Å². The van der Waals surface area contributed by atoms with E-state index in [2.05, 4.69) is 14.7 Å². The van der Waals surface area contributed by atoms with E-state index in [1.165, 1.54) is 26.4 Å². The van der Waals surface area contributed by atoms with Gasteiger partial charge in [-0.15, -0.1) is 0 Å². The van der Waals surface area contributed by atoms with Crippen molar-refractivity contribution >= 4 is 16.0 Å². The van der Waals surface area contributed by atoms with E-state index >= 15 is 0 Å². The molecular formula is C14H17N3O4S. The Morgan fingerprint density at radius 2 is 1.64 bits per heavy atom. The number of nitrogens with one attached hydrogen (secondary N) is 1. The second-order valence-corrected chi connectivity index (χ2v) is 6.25. The Kier molecular flexibility index (Phi) is 4.51. The Morgan fingerprint density at radius 1 is 1.00 bits per heavy atom. The summed E-state index contributed by atoms with van der Waals surface area (Å²) in [7, 11) is -0.990. The maximum atomic E-state index is 12.5. The smallest absolute Gasteiger partial charge is 0.267 e. The second-order valence-electron chi connectivity index (χ2n) is 4.60. The summed E-state index contributed by atoms with van der Waals surface area (Å²) in [6.07, 6.45) is 0. The van der Waals surface area contributed by atoms with Crippen molar-refractivity contribution in [2.45, 2.75) is 18.7 Å². The molecule has 0 unspecified atom stereocenters. The molecule has 0 aliphatic heterocycles. The molecule has 0 amide bonds. The second kappa shape index (κ2) is 6.18. The van der Waals surface area contributed by atoms with E-state index in [4.69, 9.17) is 9.47 Å². The van der Waals surface area contributed by atoms with Crippen LogP contribution in [-0.4, -0.2) is 32.6 Å². The van der Waals surface area contributed by atoms with Gasteiger partial charge in [-0.2, -0.15) is 0 Å². The van der Waals surface area contributed by atoms with E-state index in [1.54, 1.807) is 26.0 Å². The first-order chi connectivity index (χ1) is 10.4. The molecular weight excluding hydrogens is 306 g/mol. The molecule has 0 bridgehead atoms. The fourth-order valence-electron chi connectivity index (χ4n) is 1.94. The van der Waals surface area contributed by atoms with Crippen LogP contribution in [0.3, 0.4) is 0 Å². The van der Waals surface area contributed by atoms with Gasteiger partial charge < -0.3 is 9.47 Å². The van der Waals surface area contributed by atoms with Crippen molar-refractivity contribution in [3.8, 4) is 11.5 Å². The Morgan fingerprint density at radius 3 is 2.18 bits per heavy atom. The zero-order valence-electron chi connectivity index (χ0n) is 12.7. The van der Waals surface area contributed by atoms with Crippen LogP contribution >= 0.6 is 0 Å². The number of rotatable bonds is 5. The highest BCUT2D eigenvalue weighted by molar-refractivity contribution is 7.92. The average Bonchev–Trinajstić information content (AvgIpc) is 2.44. The number of methoxy groups -OCH3 is 2. The van der Waals surface area contributed by atoms with Crippen molar-refractivity contribution in [2.75, 3.05) is 18.9 Å². The summed E-state index contributed by atoms with van der Waals surface area (Å²) in [5.41, 5.74) is 1.35. The lowest BCUT2D eigenvalue weighted by Crippen LogP contribution is -2.16. The minimum Gasteiger partial charge on any atom is -0.497 e. The molecule has 1 aromatic heterocycles. The van der Waals surface area contributed by atoms with Crippen LogP contribution in [0.15, 0.2) is 29.2 Å². The molecule has 1 N–H and O–H groups in total. The number of aryl methyl sites for hydroxylation is 2. The molecule has 2 aromatic rings. The van der Waals surface area contributed by atoms with E-state index in [1.807, 2.05) is 0 Å². The van der Waals surface area contributed by atoms with E-state index in [-0.39, 0.29) is 16.6 Å². The van der Waals surface area contributed by atoms with Gasteiger partial charge in [-0.1, -0.05) is 0 Å². The lowest BCUT2D eigenvalue weighted by atomic mass is 10.3. The molecule has 0 fully saturated rings. The Hall–Kier alpha value is -2.35. The van der Waals surface area contributed by atoms with Crippen molar-refractivity contribution in [2.24, 2.45) is 0 Å². The number of anilines is 1. The molecule has 0 saturated heterocycles. The monoisotopic (exact) mass is 323 g/mol. The molecule has 1 aromatic carbocycles. The number of aromatic nitrogens is 2. The van der Waals surface area contributed by atoms with Gasteiger partial charge in [0.2, 0.25) is 5.95 Å². The first-order valence-electron chi connectivity index (χ1n) is 6.43. The molecule has 8 heteroatoms. The van der Waals surface area contributed by atoms with E-state index in [0.717, 1.165) is 0 Å². The summed E-state index contributed by atoms with van der Waals surface area (Å²) in [4.78, 5) is 8.12. The summed E-state index contributed by atoms with van der Waals surface area (Å²) in [5.74, 6) is 0.699. The first kappa shape index (κ1) is 16.0. The summed E-state index contributed by atoms with van der Waals surface area (Å²) >= 11 is 0. The molecule has 0 atom stereocenters. The van der Waals surface area contributed by atoms with Crippen LogP contribution < -0.4 is 14.2 Å². The molecule has 7 nitrogen and oxygen atoms in total. The minimum atomic E-state index is -3.87. The molecule has 0 aliphatic rings. The van der Waals surface area contributed by atoms with Crippen LogP contribution in [0.1, 0.15) is 11.4 Å². The summed E-state index contributed by atoms with van der Waals surface area (Å²) in [5, 5.41) is 0. The van der Waals surface area contributed by atoms with Crippen molar-refractivity contribution < 1.29 is 17.9 Å². The van der Waals surface area contributed by atoms with Crippen LogP contribution in [-0.2, 0) is 10.0 Å². The number of nitrogens with zero attached hydrogens (tertiary/aromatic N) is 2. The fourth-order valence-corrected chi connectivity index (χ4v) is 3.04. The van der Waals surface area contributed by atoms with Gasteiger partial charge in [-0.05, 0) is 32.0 Å². The number of sulfonamides is 1. The SMILES string of the molecule is COc1ccc(S(=O)(=O)Nc2nc(C)cc(C)n2)c(OC)c1. The van der Waals surface area contributed by atoms with Crippen LogP contribution in [0.2, 0.25) is 0 Å². The molecule has 0 radical (unpaired) electrons. The standard InChI is InChI=1S/C14H17N3O4S/c1-9-7-10(2)16-14(15-9)17-22(18,19)13-6-5-11(20-3)8-12(13)21-4/h5-8H,1-4H3,(H,15,16,17). The van der Waals surface area contributed by atoms with Gasteiger partial charge in [0, 0.05) is 17.5 Å². The summed E-state index contributed by atoms with van der Waals surface area (Å²) in [6, 6.07) is 6.20. The predicted molar refractivity (Wildman–Crippen MR) is 81.9 cm³/mol. The molecule has 0 saturated carbocycles. The number of hydrogen-bond acceptors (Lipinski definition) is 6. The molecule has 1 heterocycles. The maximum Gasteiger partial charge on any atom is 0.267 e. The van der Waals surface area contributed by atoms with Crippen LogP contribution in [0, 0.1) is 13.8 Å². The molecule has 118 valence electrons. The van der Waals surface area contributed by atoms with Crippen molar-refractivity contribution in [1.82, 2.24) is 9.97 Å². The van der Waals surface area contributed by atoms with Crippen LogP contribution in [0.4, 0.5) is 5.95 Å². The Bertz CT molecular complexity index is 770. The summed E-state index contributed by atoms with van der Waals surface area (Å²) in [6.45, 7) is 3.53. The molecule has 2 rings (SSSR count). The van der Waals surface area contributed by atoms with Crippen molar-refractivity contribution in [3.63, 3.8) is 0 Å². The highest BCUT2D eigenvalue weighted by atomic mass is 32.2. The van der Waals surface area contributed by atoms with Crippen molar-refractivity contribution in [3.05, 3.63) is 35.7 Å². The summed E-state index contributed by atoms with van der Waals surface area (Å²) < 4.78 is 37.5. The average molecular weight is 323 g/mol. The Balaban J connectivity index is 2.42. The number of hydrogen-bond donors (Lipinski definition) is 1. The lowest BCUT2D eigenvalue weighted by molar-refractivity contribution is 0.386. The Labute approximate surface area is 129 Å². The molecule has 0 spiro atoms. The number of ether oxygens (including phenoxy) is 2. The third-order valence-corrected chi connectivity index (χ3v) is 4.24. The zero-order valence-corrected chi connectivity index (χ0v) is 13.6. The van der Waals surface area contributed by atoms with Gasteiger partial charge in [-0.3, -0.25) is 0 Å². The first-order valence-corrected chi connectivity index (χ1v) is 7.91. The highest BCUT2D eigenvalue weighted by Crippen LogP contribution is 2.29. The van der Waals surface area contributed by atoms with Gasteiger partial charge in [0.15, 0.2) is 0 Å².